The summed E-state index contributed by atoms with van der Waals surface area (Å²) in [5.41, 5.74) is 7.17. The van der Waals surface area contributed by atoms with E-state index in [0.717, 1.165) is 36.0 Å². The molecule has 0 N–H and O–H groups in total. The smallest absolute Gasteiger partial charge is 0.0253 e. The van der Waals surface area contributed by atoms with Crippen LogP contribution in [0.1, 0.15) is 54.7 Å². The van der Waals surface area contributed by atoms with Gasteiger partial charge in [-0.05, 0) is 62.2 Å². The number of benzene rings is 2. The second-order valence-electron chi connectivity index (χ2n) is 9.57. The first-order valence-corrected chi connectivity index (χ1v) is 13.2. The zero-order valence-electron chi connectivity index (χ0n) is 18.4. The maximum absolute atomic E-state index is 3.34. The first kappa shape index (κ1) is 25.7. The summed E-state index contributed by atoms with van der Waals surface area (Å²) < 4.78 is 3.34. The Morgan fingerprint density at radius 3 is 2.12 bits per heavy atom. The summed E-state index contributed by atoms with van der Waals surface area (Å²) in [4.78, 5) is 0. The summed E-state index contributed by atoms with van der Waals surface area (Å²) in [5, 5.41) is 0. The second-order valence-corrected chi connectivity index (χ2v) is 9.57. The Morgan fingerprint density at radius 1 is 0.812 bits per heavy atom. The second kappa shape index (κ2) is 11.5. The van der Waals surface area contributed by atoms with Crippen LogP contribution in [0, 0.1) is 29.7 Å². The fourth-order valence-corrected chi connectivity index (χ4v) is 7.08. The third-order valence-electron chi connectivity index (χ3n) is 7.92. The fourth-order valence-electron chi connectivity index (χ4n) is 7.08. The Bertz CT molecular complexity index is 922. The van der Waals surface area contributed by atoms with E-state index in [2.05, 4.69) is 70.9 Å². The summed E-state index contributed by atoms with van der Waals surface area (Å²) in [5.74, 6) is 5.25. The molecule has 0 nitrogen and oxygen atoms in total. The summed E-state index contributed by atoms with van der Waals surface area (Å²) in [6.07, 6.45) is 8.80. The Labute approximate surface area is 220 Å². The normalized spacial score (nSPS) is 27.4. The van der Waals surface area contributed by atoms with Gasteiger partial charge in [0.05, 0.1) is 0 Å². The molecule has 4 fully saturated rings. The predicted molar refractivity (Wildman–Crippen MR) is 122 cm³/mol. The SMILES string of the molecule is [CH2]=[Zr+2].[Cl-].[Cl-].[c-]1cccc2c1Cc1ccccc1-2.c1cc(C2C3CC4CC(C3)CC2C4)c[cH-]1. The first-order chi connectivity index (χ1) is 14.8. The largest absolute Gasteiger partial charge is 1.00 e. The van der Waals surface area contributed by atoms with Crippen LogP contribution in [-0.4, -0.2) is 4.21 Å². The van der Waals surface area contributed by atoms with E-state index in [1.165, 1.54) is 46.5 Å². The van der Waals surface area contributed by atoms with Crippen LogP contribution in [0.4, 0.5) is 0 Å². The van der Waals surface area contributed by atoms with Crippen molar-refractivity contribution in [2.75, 3.05) is 0 Å². The molecule has 3 aromatic rings. The van der Waals surface area contributed by atoms with Crippen molar-refractivity contribution in [1.82, 2.24) is 0 Å². The summed E-state index contributed by atoms with van der Waals surface area (Å²) in [7, 11) is 0. The molecule has 4 bridgehead atoms. The van der Waals surface area contributed by atoms with Gasteiger partial charge in [-0.1, -0.05) is 41.3 Å². The predicted octanol–water partition coefficient (Wildman–Crippen LogP) is 0.976. The van der Waals surface area contributed by atoms with E-state index in [9.17, 15) is 0 Å². The van der Waals surface area contributed by atoms with Crippen LogP contribution in [0.15, 0.2) is 66.7 Å². The molecule has 166 valence electrons. The Balaban J connectivity index is 0.000000160. The number of halogens is 2. The van der Waals surface area contributed by atoms with Crippen molar-refractivity contribution >= 4 is 4.21 Å². The summed E-state index contributed by atoms with van der Waals surface area (Å²) >= 11 is 1.30. The van der Waals surface area contributed by atoms with Crippen LogP contribution in [0.2, 0.25) is 0 Å². The van der Waals surface area contributed by atoms with Crippen LogP contribution >= 0.6 is 0 Å². The quantitative estimate of drug-likeness (QED) is 0.316. The fraction of sp³-hybridized carbons (Fsp3) is 0.379. The molecule has 3 aromatic carbocycles. The zero-order valence-corrected chi connectivity index (χ0v) is 22.4. The van der Waals surface area contributed by atoms with E-state index < -0.39 is 0 Å². The van der Waals surface area contributed by atoms with E-state index in [4.69, 9.17) is 0 Å². The van der Waals surface area contributed by atoms with Crippen molar-refractivity contribution in [3.63, 3.8) is 0 Å². The molecular weight excluding hydrogens is 510 g/mol. The van der Waals surface area contributed by atoms with Crippen molar-refractivity contribution in [2.24, 2.45) is 23.7 Å². The number of hydrogen-bond donors (Lipinski definition) is 0. The van der Waals surface area contributed by atoms with E-state index in [-0.39, 0.29) is 24.8 Å². The topological polar surface area (TPSA) is 0 Å². The molecule has 0 heterocycles. The van der Waals surface area contributed by atoms with Crippen LogP contribution in [0.3, 0.4) is 0 Å². The standard InChI is InChI=1S/C15H19.C13H9.CH2.2ClH.Zr/c1-2-4-12(3-1)15-13-6-10-5-11(8-13)9-14(15)7-10;1-3-7-12-10(5-1)9-11-6-2-4-8-13(11)12;;;;/h1-4,10-11,13-15H,5-9H2;1-5,7-8H,9H2;1H2;2*1H;/q2*-1;;;;+2/p-2. The van der Waals surface area contributed by atoms with Gasteiger partial charge in [0.25, 0.3) is 0 Å². The molecule has 0 radical (unpaired) electrons. The Hall–Kier alpha value is -0.877. The van der Waals surface area contributed by atoms with Gasteiger partial charge in [0.15, 0.2) is 0 Å². The Morgan fingerprint density at radius 2 is 1.47 bits per heavy atom. The molecule has 0 aromatic heterocycles. The van der Waals surface area contributed by atoms with E-state index >= 15 is 0 Å². The molecule has 5 aliphatic carbocycles. The van der Waals surface area contributed by atoms with Crippen molar-refractivity contribution in [3.05, 3.63) is 89.5 Å². The van der Waals surface area contributed by atoms with Crippen molar-refractivity contribution in [3.8, 4) is 11.1 Å². The molecule has 0 atom stereocenters. The van der Waals surface area contributed by atoms with Crippen LogP contribution in [0.5, 0.6) is 0 Å². The third-order valence-corrected chi connectivity index (χ3v) is 7.92. The van der Waals surface area contributed by atoms with E-state index in [1.54, 1.807) is 37.7 Å². The van der Waals surface area contributed by atoms with Gasteiger partial charge in [0.1, 0.15) is 0 Å². The van der Waals surface area contributed by atoms with Gasteiger partial charge in [-0.3, -0.25) is 0 Å². The van der Waals surface area contributed by atoms with Crippen LogP contribution in [0.25, 0.3) is 11.1 Å². The first-order valence-electron chi connectivity index (χ1n) is 11.5. The Kier molecular flexibility index (Phi) is 9.26. The average Bonchev–Trinajstić information content (AvgIpc) is 3.43. The van der Waals surface area contributed by atoms with Gasteiger partial charge >= 0.3 is 28.4 Å². The molecule has 3 heteroatoms. The van der Waals surface area contributed by atoms with Crippen molar-refractivity contribution < 1.29 is 49.0 Å². The summed E-state index contributed by atoms with van der Waals surface area (Å²) in [6, 6.07) is 27.3. The minimum Gasteiger partial charge on any atom is -1.00 e. The summed E-state index contributed by atoms with van der Waals surface area (Å²) in [6.45, 7) is 0. The van der Waals surface area contributed by atoms with E-state index in [1.807, 2.05) is 6.07 Å². The third kappa shape index (κ3) is 4.96. The van der Waals surface area contributed by atoms with Crippen molar-refractivity contribution in [1.29, 1.82) is 0 Å². The number of hydrogen-bond acceptors (Lipinski definition) is 0. The molecular formula is C29H30Cl2Zr-2. The van der Waals surface area contributed by atoms with Crippen molar-refractivity contribution in [2.45, 2.75) is 44.4 Å². The molecule has 4 saturated carbocycles. The van der Waals surface area contributed by atoms with E-state index in [0.29, 0.717) is 0 Å². The maximum Gasteiger partial charge on any atom is -0.0253 e. The molecule has 5 aliphatic rings. The maximum atomic E-state index is 3.34. The van der Waals surface area contributed by atoms with Gasteiger partial charge in [-0.15, -0.1) is 5.56 Å². The van der Waals surface area contributed by atoms with Gasteiger partial charge in [-0.2, -0.15) is 53.6 Å². The number of rotatable bonds is 1. The minimum absolute atomic E-state index is 0. The molecule has 0 amide bonds. The van der Waals surface area contributed by atoms with Gasteiger partial charge in [-0.25, -0.2) is 6.07 Å². The molecule has 0 spiro atoms. The zero-order chi connectivity index (χ0) is 20.5. The van der Waals surface area contributed by atoms with Gasteiger partial charge < -0.3 is 24.8 Å². The van der Waals surface area contributed by atoms with Crippen LogP contribution in [-0.2, 0) is 30.7 Å². The molecule has 0 aliphatic heterocycles. The average molecular weight is 541 g/mol. The minimum atomic E-state index is 0. The molecule has 0 saturated heterocycles. The number of fused-ring (bicyclic) bond motifs is 3. The monoisotopic (exact) mass is 538 g/mol. The van der Waals surface area contributed by atoms with Crippen LogP contribution < -0.4 is 24.8 Å². The molecule has 0 unspecified atom stereocenters. The van der Waals surface area contributed by atoms with Gasteiger partial charge in [0.2, 0.25) is 0 Å². The molecule has 8 rings (SSSR count). The van der Waals surface area contributed by atoms with Gasteiger partial charge in [0, 0.05) is 0 Å². The molecule has 32 heavy (non-hydrogen) atoms.